The highest BCUT2D eigenvalue weighted by Crippen LogP contribution is 2.32. The lowest BCUT2D eigenvalue weighted by atomic mass is 10.1. The molecule has 6 nitrogen and oxygen atoms in total. The largest absolute Gasteiger partial charge is 0.352 e. The van der Waals surface area contributed by atoms with E-state index in [0.717, 1.165) is 17.9 Å². The Labute approximate surface area is 151 Å². The summed E-state index contributed by atoms with van der Waals surface area (Å²) in [6, 6.07) is 8.16. The standard InChI is InChI=1S/C17H21FN6S/c1-5-20-23-11(2)21-12(3)24(4)17-22-16(15(10-19)25-17)13-6-8-14(18)9-7-13/h6-9,12,20H,5H2,1-4H3,(H,21,23). The van der Waals surface area contributed by atoms with Crippen LogP contribution in [0.2, 0.25) is 0 Å². The fourth-order valence-corrected chi connectivity index (χ4v) is 3.06. The zero-order valence-electron chi connectivity index (χ0n) is 14.7. The van der Waals surface area contributed by atoms with E-state index in [9.17, 15) is 9.65 Å². The number of nitrogens with zero attached hydrogens (tertiary/aromatic N) is 4. The second-order valence-electron chi connectivity index (χ2n) is 5.43. The van der Waals surface area contributed by atoms with Gasteiger partial charge in [-0.05, 0) is 45.0 Å². The Morgan fingerprint density at radius 1 is 1.44 bits per heavy atom. The first-order valence-electron chi connectivity index (χ1n) is 7.89. The van der Waals surface area contributed by atoms with Gasteiger partial charge in [0, 0.05) is 19.2 Å². The lowest BCUT2D eigenvalue weighted by Crippen LogP contribution is -2.44. The molecule has 0 bridgehead atoms. The normalized spacial score (nSPS) is 12.4. The third kappa shape index (κ3) is 4.67. The van der Waals surface area contributed by atoms with Gasteiger partial charge in [0.15, 0.2) is 5.13 Å². The van der Waals surface area contributed by atoms with Crippen LogP contribution in [0.4, 0.5) is 9.52 Å². The minimum Gasteiger partial charge on any atom is -0.352 e. The van der Waals surface area contributed by atoms with Gasteiger partial charge in [0.2, 0.25) is 0 Å². The minimum atomic E-state index is -0.317. The highest BCUT2D eigenvalue weighted by Gasteiger charge is 2.19. The van der Waals surface area contributed by atoms with Crippen LogP contribution in [-0.2, 0) is 0 Å². The van der Waals surface area contributed by atoms with Crippen LogP contribution in [0.5, 0.6) is 0 Å². The van der Waals surface area contributed by atoms with Crippen molar-refractivity contribution in [1.29, 1.82) is 5.26 Å². The SMILES string of the molecule is CCN/N=C(\C)NC(C)N(C)c1nc(-c2ccc(F)cc2)c(C#N)s1. The molecule has 25 heavy (non-hydrogen) atoms. The zero-order valence-corrected chi connectivity index (χ0v) is 15.5. The van der Waals surface area contributed by atoms with Crippen LogP contribution in [-0.4, -0.2) is 30.6 Å². The van der Waals surface area contributed by atoms with Crippen molar-refractivity contribution in [2.45, 2.75) is 26.9 Å². The second-order valence-corrected chi connectivity index (χ2v) is 6.41. The lowest BCUT2D eigenvalue weighted by molar-refractivity contribution is 0.628. The van der Waals surface area contributed by atoms with E-state index in [4.69, 9.17) is 0 Å². The van der Waals surface area contributed by atoms with E-state index in [1.807, 2.05) is 32.7 Å². The molecule has 0 amide bonds. The second kappa shape index (κ2) is 8.44. The van der Waals surface area contributed by atoms with Crippen LogP contribution >= 0.6 is 11.3 Å². The number of nitrogens with one attached hydrogen (secondary N) is 2. The molecule has 0 fully saturated rings. The summed E-state index contributed by atoms with van der Waals surface area (Å²) in [6.07, 6.45) is -0.0684. The van der Waals surface area contributed by atoms with Crippen molar-refractivity contribution in [2.24, 2.45) is 5.10 Å². The Balaban J connectivity index is 2.22. The zero-order chi connectivity index (χ0) is 18.4. The van der Waals surface area contributed by atoms with Gasteiger partial charge in [-0.3, -0.25) is 0 Å². The molecule has 0 radical (unpaired) electrons. The first-order chi connectivity index (χ1) is 12.0. The van der Waals surface area contributed by atoms with Gasteiger partial charge in [-0.2, -0.15) is 10.4 Å². The van der Waals surface area contributed by atoms with Crippen molar-refractivity contribution in [3.8, 4) is 17.3 Å². The molecule has 0 spiro atoms. The minimum absolute atomic E-state index is 0.0684. The van der Waals surface area contributed by atoms with Gasteiger partial charge < -0.3 is 15.6 Å². The molecule has 0 aliphatic heterocycles. The summed E-state index contributed by atoms with van der Waals surface area (Å²) in [6.45, 7) is 6.58. The lowest BCUT2D eigenvalue weighted by Gasteiger charge is -2.25. The van der Waals surface area contributed by atoms with Crippen molar-refractivity contribution in [2.75, 3.05) is 18.5 Å². The topological polar surface area (TPSA) is 76.3 Å². The van der Waals surface area contributed by atoms with Gasteiger partial charge in [-0.25, -0.2) is 9.37 Å². The molecule has 1 aromatic heterocycles. The molecular formula is C17H21FN6S. The van der Waals surface area contributed by atoms with E-state index in [1.165, 1.54) is 23.5 Å². The monoisotopic (exact) mass is 360 g/mol. The van der Waals surface area contributed by atoms with Crippen molar-refractivity contribution in [1.82, 2.24) is 15.7 Å². The molecule has 1 aromatic carbocycles. The van der Waals surface area contributed by atoms with Gasteiger partial charge in [0.25, 0.3) is 0 Å². The average Bonchev–Trinajstić information content (AvgIpc) is 3.04. The number of rotatable bonds is 6. The van der Waals surface area contributed by atoms with Gasteiger partial charge >= 0.3 is 0 Å². The molecule has 1 unspecified atom stereocenters. The number of hydrazone groups is 1. The Kier molecular flexibility index (Phi) is 6.31. The Hall–Kier alpha value is -2.66. The highest BCUT2D eigenvalue weighted by molar-refractivity contribution is 7.16. The predicted molar refractivity (Wildman–Crippen MR) is 100 cm³/mol. The maximum absolute atomic E-state index is 13.1. The van der Waals surface area contributed by atoms with E-state index in [2.05, 4.69) is 26.9 Å². The van der Waals surface area contributed by atoms with E-state index in [0.29, 0.717) is 15.7 Å². The Bertz CT molecular complexity index is 777. The molecule has 8 heteroatoms. The molecule has 2 N–H and O–H groups in total. The fourth-order valence-electron chi connectivity index (χ4n) is 2.13. The van der Waals surface area contributed by atoms with E-state index < -0.39 is 0 Å². The summed E-state index contributed by atoms with van der Waals surface area (Å²) in [4.78, 5) is 7.01. The number of halogens is 1. The number of amidine groups is 1. The first kappa shape index (κ1) is 18.7. The summed E-state index contributed by atoms with van der Waals surface area (Å²) in [5.41, 5.74) is 4.19. The van der Waals surface area contributed by atoms with Crippen molar-refractivity contribution >= 4 is 22.3 Å². The highest BCUT2D eigenvalue weighted by atomic mass is 32.1. The summed E-state index contributed by atoms with van der Waals surface area (Å²) < 4.78 is 13.1. The number of anilines is 1. The van der Waals surface area contributed by atoms with E-state index in [1.54, 1.807) is 12.1 Å². The summed E-state index contributed by atoms with van der Waals surface area (Å²) in [5, 5.41) is 17.5. The molecule has 1 atom stereocenters. The maximum atomic E-state index is 13.1. The van der Waals surface area contributed by atoms with Gasteiger partial charge in [0.05, 0.1) is 6.17 Å². The number of aromatic nitrogens is 1. The van der Waals surface area contributed by atoms with Crippen molar-refractivity contribution in [3.63, 3.8) is 0 Å². The Morgan fingerprint density at radius 3 is 2.72 bits per heavy atom. The van der Waals surface area contributed by atoms with Gasteiger partial charge in [-0.1, -0.05) is 11.3 Å². The van der Waals surface area contributed by atoms with Crippen LogP contribution in [0.25, 0.3) is 11.3 Å². The van der Waals surface area contributed by atoms with E-state index in [-0.39, 0.29) is 12.0 Å². The van der Waals surface area contributed by atoms with Crippen LogP contribution in [0.15, 0.2) is 29.4 Å². The molecule has 0 aliphatic rings. The van der Waals surface area contributed by atoms with Crippen molar-refractivity contribution < 1.29 is 4.39 Å². The number of nitriles is 1. The van der Waals surface area contributed by atoms with Crippen LogP contribution in [0.3, 0.4) is 0 Å². The number of thiazole rings is 1. The molecule has 0 saturated carbocycles. The number of hydrogen-bond acceptors (Lipinski definition) is 6. The molecule has 1 heterocycles. The third-order valence-corrected chi connectivity index (χ3v) is 4.59. The van der Waals surface area contributed by atoms with Crippen molar-refractivity contribution in [3.05, 3.63) is 35.0 Å². The third-order valence-electron chi connectivity index (χ3n) is 3.54. The predicted octanol–water partition coefficient (Wildman–Crippen LogP) is 3.14. The number of hydrogen-bond donors (Lipinski definition) is 2. The maximum Gasteiger partial charge on any atom is 0.188 e. The quantitative estimate of drug-likeness (QED) is 0.358. The van der Waals surface area contributed by atoms with E-state index >= 15 is 0 Å². The summed E-state index contributed by atoms with van der Waals surface area (Å²) in [5.74, 6) is 0.445. The average molecular weight is 360 g/mol. The molecule has 0 saturated heterocycles. The number of benzene rings is 1. The molecule has 132 valence electrons. The molecule has 0 aliphatic carbocycles. The Morgan fingerprint density at radius 2 is 2.12 bits per heavy atom. The van der Waals surface area contributed by atoms with Crippen LogP contribution in [0.1, 0.15) is 25.6 Å². The smallest absolute Gasteiger partial charge is 0.188 e. The molecular weight excluding hydrogens is 339 g/mol. The molecule has 2 aromatic rings. The van der Waals surface area contributed by atoms with Crippen LogP contribution < -0.4 is 15.6 Å². The van der Waals surface area contributed by atoms with Gasteiger partial charge in [-0.15, -0.1) is 0 Å². The summed E-state index contributed by atoms with van der Waals surface area (Å²) >= 11 is 1.30. The van der Waals surface area contributed by atoms with Gasteiger partial charge in [0.1, 0.15) is 28.3 Å². The van der Waals surface area contributed by atoms with Crippen LogP contribution in [0, 0.1) is 17.1 Å². The molecule has 2 rings (SSSR count). The summed E-state index contributed by atoms with van der Waals surface area (Å²) in [7, 11) is 1.90. The fraction of sp³-hybridized carbons (Fsp3) is 0.353. The first-order valence-corrected chi connectivity index (χ1v) is 8.71.